The predicted octanol–water partition coefficient (Wildman–Crippen LogP) is 2.09. The van der Waals surface area contributed by atoms with Gasteiger partial charge in [0.05, 0.1) is 7.11 Å². The summed E-state index contributed by atoms with van der Waals surface area (Å²) in [5.41, 5.74) is 2.20. The van der Waals surface area contributed by atoms with Crippen molar-refractivity contribution in [1.29, 1.82) is 0 Å². The van der Waals surface area contributed by atoms with E-state index in [1.54, 1.807) is 18.1 Å². The molecule has 0 aliphatic carbocycles. The summed E-state index contributed by atoms with van der Waals surface area (Å²) in [7, 11) is 3.50. The lowest BCUT2D eigenvalue weighted by Crippen LogP contribution is -2.20. The van der Waals surface area contributed by atoms with Crippen LogP contribution in [-0.2, 0) is 6.42 Å². The third-order valence-electron chi connectivity index (χ3n) is 2.50. The van der Waals surface area contributed by atoms with Crippen LogP contribution in [-0.4, -0.2) is 19.3 Å². The highest BCUT2D eigenvalue weighted by atomic mass is 16.5. The molecule has 0 fully saturated rings. The van der Waals surface area contributed by atoms with Gasteiger partial charge in [-0.05, 0) is 36.3 Å². The van der Waals surface area contributed by atoms with Crippen LogP contribution in [0.2, 0.25) is 0 Å². The fourth-order valence-electron chi connectivity index (χ4n) is 1.64. The van der Waals surface area contributed by atoms with Crippen molar-refractivity contribution in [3.8, 4) is 5.75 Å². The highest BCUT2D eigenvalue weighted by Gasteiger charge is 2.15. The van der Waals surface area contributed by atoms with Crippen LogP contribution in [0, 0.1) is 0 Å². The molecule has 0 amide bonds. The minimum Gasteiger partial charge on any atom is -0.497 e. The van der Waals surface area contributed by atoms with E-state index in [4.69, 9.17) is 4.74 Å². The normalized spacial score (nSPS) is 14.7. The predicted molar refractivity (Wildman–Crippen MR) is 55.8 cm³/mol. The molecule has 74 valence electrons. The van der Waals surface area contributed by atoms with Crippen LogP contribution in [0.3, 0.4) is 0 Å². The number of allylic oxidation sites excluding steroid dienone is 1. The molecule has 0 saturated heterocycles. The number of aliphatic hydroxyl groups is 1. The number of aliphatic hydroxyl groups excluding tert-OH is 1. The molecule has 3 nitrogen and oxygen atoms in total. The van der Waals surface area contributed by atoms with Crippen LogP contribution in [0.1, 0.15) is 5.56 Å². The summed E-state index contributed by atoms with van der Waals surface area (Å²) in [6, 6.07) is 5.85. The number of rotatable bonds is 1. The van der Waals surface area contributed by atoms with Crippen LogP contribution in [0.4, 0.5) is 5.69 Å². The zero-order valence-corrected chi connectivity index (χ0v) is 8.32. The van der Waals surface area contributed by atoms with Crippen molar-refractivity contribution in [3.63, 3.8) is 0 Å². The van der Waals surface area contributed by atoms with Gasteiger partial charge in [-0.3, -0.25) is 0 Å². The summed E-state index contributed by atoms with van der Waals surface area (Å²) in [6.07, 6.45) is 2.55. The number of methoxy groups -OCH3 is 1. The van der Waals surface area contributed by atoms with E-state index in [-0.39, 0.29) is 0 Å². The van der Waals surface area contributed by atoms with E-state index in [2.05, 4.69) is 0 Å². The van der Waals surface area contributed by atoms with Gasteiger partial charge in [0.25, 0.3) is 0 Å². The molecule has 3 heteroatoms. The van der Waals surface area contributed by atoms with E-state index >= 15 is 0 Å². The Kier molecular flexibility index (Phi) is 2.08. The molecule has 0 atom stereocenters. The first kappa shape index (κ1) is 8.94. The van der Waals surface area contributed by atoms with Crippen molar-refractivity contribution in [2.75, 3.05) is 19.1 Å². The number of hydrogen-bond donors (Lipinski definition) is 1. The smallest absolute Gasteiger partial charge is 0.187 e. The van der Waals surface area contributed by atoms with E-state index in [9.17, 15) is 5.11 Å². The summed E-state index contributed by atoms with van der Waals surface area (Å²) in [6.45, 7) is 0. The highest BCUT2D eigenvalue weighted by molar-refractivity contribution is 5.61. The molecule has 0 bridgehead atoms. The molecule has 2 rings (SSSR count). The fourth-order valence-corrected chi connectivity index (χ4v) is 1.64. The molecule has 0 radical (unpaired) electrons. The number of benzene rings is 1. The third kappa shape index (κ3) is 1.31. The lowest BCUT2D eigenvalue weighted by Gasteiger charge is -2.25. The Morgan fingerprint density at radius 1 is 1.43 bits per heavy atom. The van der Waals surface area contributed by atoms with Crippen LogP contribution < -0.4 is 9.64 Å². The quantitative estimate of drug-likeness (QED) is 0.737. The molecule has 1 N–H and O–H groups in total. The van der Waals surface area contributed by atoms with Crippen molar-refractivity contribution in [2.45, 2.75) is 6.42 Å². The molecule has 14 heavy (non-hydrogen) atoms. The second-order valence-electron chi connectivity index (χ2n) is 3.32. The average Bonchev–Trinajstić information content (AvgIpc) is 2.23. The van der Waals surface area contributed by atoms with Gasteiger partial charge in [0.15, 0.2) is 5.88 Å². The lowest BCUT2D eigenvalue weighted by molar-refractivity contribution is 0.391. The monoisotopic (exact) mass is 191 g/mol. The second-order valence-corrected chi connectivity index (χ2v) is 3.32. The van der Waals surface area contributed by atoms with E-state index in [0.717, 1.165) is 17.9 Å². The Hall–Kier alpha value is -1.64. The van der Waals surface area contributed by atoms with E-state index in [1.165, 1.54) is 5.56 Å². The van der Waals surface area contributed by atoms with Crippen LogP contribution in [0.5, 0.6) is 5.75 Å². The number of nitrogens with zero attached hydrogens (tertiary/aromatic N) is 1. The Balaban J connectivity index is 2.43. The molecular formula is C11H13NO2. The maximum Gasteiger partial charge on any atom is 0.187 e. The van der Waals surface area contributed by atoms with Gasteiger partial charge in [0.1, 0.15) is 5.75 Å². The second kappa shape index (κ2) is 3.25. The van der Waals surface area contributed by atoms with E-state index < -0.39 is 0 Å². The SMILES string of the molecule is COc1ccc2c(c1)CC=C(O)N2C. The molecular weight excluding hydrogens is 178 g/mol. The van der Waals surface area contributed by atoms with Crippen LogP contribution in [0.25, 0.3) is 0 Å². The lowest BCUT2D eigenvalue weighted by atomic mass is 10.1. The van der Waals surface area contributed by atoms with Crippen molar-refractivity contribution in [1.82, 2.24) is 0 Å². The van der Waals surface area contributed by atoms with Gasteiger partial charge < -0.3 is 14.7 Å². The Labute approximate surface area is 83.2 Å². The van der Waals surface area contributed by atoms with Crippen molar-refractivity contribution in [3.05, 3.63) is 35.7 Å². The number of fused-ring (bicyclic) bond motifs is 1. The number of hydrogen-bond acceptors (Lipinski definition) is 3. The molecule has 1 aliphatic rings. The largest absolute Gasteiger partial charge is 0.497 e. The Bertz CT molecular complexity index is 385. The number of anilines is 1. The van der Waals surface area contributed by atoms with Gasteiger partial charge in [0.2, 0.25) is 0 Å². The van der Waals surface area contributed by atoms with Gasteiger partial charge in [-0.15, -0.1) is 0 Å². The topological polar surface area (TPSA) is 32.7 Å². The summed E-state index contributed by atoms with van der Waals surface area (Å²) in [4.78, 5) is 1.76. The first-order valence-electron chi connectivity index (χ1n) is 4.52. The van der Waals surface area contributed by atoms with Crippen LogP contribution in [0.15, 0.2) is 30.2 Å². The fraction of sp³-hybridized carbons (Fsp3) is 0.273. The van der Waals surface area contributed by atoms with Gasteiger partial charge in [-0.1, -0.05) is 0 Å². The van der Waals surface area contributed by atoms with Gasteiger partial charge in [-0.2, -0.15) is 0 Å². The van der Waals surface area contributed by atoms with Gasteiger partial charge in [0, 0.05) is 12.7 Å². The summed E-state index contributed by atoms with van der Waals surface area (Å²) < 4.78 is 5.14. The molecule has 1 aromatic carbocycles. The first-order valence-corrected chi connectivity index (χ1v) is 4.52. The molecule has 0 saturated carbocycles. The zero-order chi connectivity index (χ0) is 10.1. The molecule has 1 aromatic rings. The molecule has 0 aromatic heterocycles. The molecule has 1 aliphatic heterocycles. The van der Waals surface area contributed by atoms with Crippen molar-refractivity contribution in [2.24, 2.45) is 0 Å². The van der Waals surface area contributed by atoms with E-state index in [0.29, 0.717) is 5.88 Å². The summed E-state index contributed by atoms with van der Waals surface area (Å²) in [5.74, 6) is 1.16. The molecule has 1 heterocycles. The van der Waals surface area contributed by atoms with Crippen molar-refractivity contribution < 1.29 is 9.84 Å². The Morgan fingerprint density at radius 3 is 2.93 bits per heavy atom. The minimum atomic E-state index is 0.308. The minimum absolute atomic E-state index is 0.308. The average molecular weight is 191 g/mol. The molecule has 0 spiro atoms. The van der Waals surface area contributed by atoms with E-state index in [1.807, 2.05) is 25.2 Å². The molecule has 0 unspecified atom stereocenters. The number of ether oxygens (including phenoxy) is 1. The summed E-state index contributed by atoms with van der Waals surface area (Å²) in [5, 5.41) is 9.51. The van der Waals surface area contributed by atoms with Crippen LogP contribution >= 0.6 is 0 Å². The van der Waals surface area contributed by atoms with Crippen molar-refractivity contribution >= 4 is 5.69 Å². The maximum absolute atomic E-state index is 9.51. The zero-order valence-electron chi connectivity index (χ0n) is 8.32. The first-order chi connectivity index (χ1) is 6.72. The standard InChI is InChI=1S/C11H13NO2/c1-12-10-5-4-9(14-2)7-8(10)3-6-11(12)13/h4-7,13H,3H2,1-2H3. The van der Waals surface area contributed by atoms with Gasteiger partial charge in [-0.25, -0.2) is 0 Å². The summed E-state index contributed by atoms with van der Waals surface area (Å²) >= 11 is 0. The maximum atomic E-state index is 9.51. The highest BCUT2D eigenvalue weighted by Crippen LogP contribution is 2.30. The third-order valence-corrected chi connectivity index (χ3v) is 2.50. The van der Waals surface area contributed by atoms with Gasteiger partial charge >= 0.3 is 0 Å². The Morgan fingerprint density at radius 2 is 2.21 bits per heavy atom.